The normalized spacial score (nSPS) is 15.2. The molecule has 0 aliphatic carbocycles. The lowest BCUT2D eigenvalue weighted by atomic mass is 10.2. The molecule has 0 aromatic rings. The van der Waals surface area contributed by atoms with Crippen LogP contribution in [0.3, 0.4) is 0 Å². The molecule has 1 atom stereocenters. The zero-order valence-electron chi connectivity index (χ0n) is 8.73. The molecule has 0 fully saturated rings. The third-order valence-corrected chi connectivity index (χ3v) is 2.00. The summed E-state index contributed by atoms with van der Waals surface area (Å²) in [6.45, 7) is 4.94. The fourth-order valence-electron chi connectivity index (χ4n) is 0.632. The van der Waals surface area contributed by atoms with Gasteiger partial charge in [0.15, 0.2) is 0 Å². The predicted octanol–water partition coefficient (Wildman–Crippen LogP) is 1.41. The van der Waals surface area contributed by atoms with Crippen molar-refractivity contribution in [3.05, 3.63) is 0 Å². The third kappa shape index (κ3) is 8.23. The van der Waals surface area contributed by atoms with E-state index < -0.39 is 7.60 Å². The van der Waals surface area contributed by atoms with Crippen molar-refractivity contribution in [2.24, 2.45) is 5.92 Å². The number of hydrogen-bond donors (Lipinski definition) is 1. The van der Waals surface area contributed by atoms with E-state index in [1.165, 1.54) is 0 Å². The summed E-state index contributed by atoms with van der Waals surface area (Å²) < 4.78 is 20.1. The summed E-state index contributed by atoms with van der Waals surface area (Å²) in [6, 6.07) is 0. The Hall–Kier alpha value is -0.380. The van der Waals surface area contributed by atoms with E-state index in [0.717, 1.165) is 6.66 Å². The lowest BCUT2D eigenvalue weighted by Gasteiger charge is -2.08. The fraction of sp³-hybridized carbons (Fsp3) is 0.875. The topological polar surface area (TPSA) is 72.8 Å². The smallest absolute Gasteiger partial charge is 0.325 e. The van der Waals surface area contributed by atoms with Crippen molar-refractivity contribution in [1.82, 2.24) is 0 Å². The third-order valence-electron chi connectivity index (χ3n) is 1.34. The van der Waals surface area contributed by atoms with E-state index in [2.05, 4.69) is 4.52 Å². The average molecular weight is 224 g/mol. The Bertz CT molecular complexity index is 220. The molecule has 84 valence electrons. The standard InChI is InChI=1S/C8H17O5P/c1-7(2)8(9)12-5-4-6-13-14(3,10)11/h7H,4-6H2,1-3H3,(H,10,11). The lowest BCUT2D eigenvalue weighted by Crippen LogP contribution is -2.13. The van der Waals surface area contributed by atoms with Crippen LogP contribution in [0.25, 0.3) is 0 Å². The molecule has 0 aliphatic heterocycles. The number of hydrogen-bond acceptors (Lipinski definition) is 4. The summed E-state index contributed by atoms with van der Waals surface area (Å²) in [5.41, 5.74) is 0. The quantitative estimate of drug-likeness (QED) is 0.419. The summed E-state index contributed by atoms with van der Waals surface area (Å²) in [6.07, 6.45) is 0.427. The van der Waals surface area contributed by atoms with E-state index >= 15 is 0 Å². The minimum absolute atomic E-state index is 0.121. The average Bonchev–Trinajstić information content (AvgIpc) is 2.01. The number of carbonyl (C=O) groups excluding carboxylic acids is 1. The van der Waals surface area contributed by atoms with Gasteiger partial charge in [-0.15, -0.1) is 0 Å². The maximum Gasteiger partial charge on any atom is 0.325 e. The molecule has 5 nitrogen and oxygen atoms in total. The molecule has 1 unspecified atom stereocenters. The zero-order valence-corrected chi connectivity index (χ0v) is 9.62. The van der Waals surface area contributed by atoms with Crippen LogP contribution >= 0.6 is 7.60 Å². The van der Waals surface area contributed by atoms with E-state index in [1.54, 1.807) is 13.8 Å². The first-order valence-corrected chi connectivity index (χ1v) is 6.47. The van der Waals surface area contributed by atoms with E-state index in [9.17, 15) is 9.36 Å². The first-order chi connectivity index (χ1) is 6.33. The highest BCUT2D eigenvalue weighted by atomic mass is 31.2. The van der Waals surface area contributed by atoms with E-state index in [4.69, 9.17) is 9.63 Å². The van der Waals surface area contributed by atoms with Crippen molar-refractivity contribution < 1.29 is 23.5 Å². The maximum atomic E-state index is 10.9. The Labute approximate surface area is 83.9 Å². The van der Waals surface area contributed by atoms with Crippen LogP contribution in [0.4, 0.5) is 0 Å². The van der Waals surface area contributed by atoms with Gasteiger partial charge in [-0.05, 0) is 0 Å². The van der Waals surface area contributed by atoms with Crippen LogP contribution in [0.5, 0.6) is 0 Å². The van der Waals surface area contributed by atoms with Gasteiger partial charge in [0.1, 0.15) is 0 Å². The molecule has 6 heteroatoms. The minimum Gasteiger partial charge on any atom is -0.465 e. The van der Waals surface area contributed by atoms with Crippen LogP contribution < -0.4 is 0 Å². The monoisotopic (exact) mass is 224 g/mol. The maximum absolute atomic E-state index is 10.9. The second kappa shape index (κ2) is 6.17. The Morgan fingerprint density at radius 3 is 2.43 bits per heavy atom. The molecule has 0 radical (unpaired) electrons. The van der Waals surface area contributed by atoms with Gasteiger partial charge in [0, 0.05) is 13.1 Å². The number of ether oxygens (including phenoxy) is 1. The molecular weight excluding hydrogens is 207 g/mol. The summed E-state index contributed by atoms with van der Waals surface area (Å²) in [4.78, 5) is 19.7. The van der Waals surface area contributed by atoms with Crippen molar-refractivity contribution >= 4 is 13.6 Å². The zero-order chi connectivity index (χ0) is 11.2. The molecular formula is C8H17O5P. The SMILES string of the molecule is CC(C)C(=O)OCCCOP(C)(=O)O. The van der Waals surface area contributed by atoms with Gasteiger partial charge in [0.2, 0.25) is 0 Å². The Balaban J connectivity index is 3.40. The second-order valence-electron chi connectivity index (χ2n) is 3.31. The van der Waals surface area contributed by atoms with Gasteiger partial charge in [-0.2, -0.15) is 0 Å². The molecule has 0 aromatic heterocycles. The summed E-state index contributed by atoms with van der Waals surface area (Å²) in [7, 11) is -3.39. The van der Waals surface area contributed by atoms with Crippen molar-refractivity contribution in [2.45, 2.75) is 20.3 Å². The van der Waals surface area contributed by atoms with Gasteiger partial charge >= 0.3 is 13.6 Å². The molecule has 14 heavy (non-hydrogen) atoms. The first kappa shape index (κ1) is 13.6. The largest absolute Gasteiger partial charge is 0.465 e. The van der Waals surface area contributed by atoms with Crippen molar-refractivity contribution in [3.8, 4) is 0 Å². The number of rotatable bonds is 6. The molecule has 0 amide bonds. The summed E-state index contributed by atoms with van der Waals surface area (Å²) in [5.74, 6) is -0.417. The molecule has 0 spiro atoms. The van der Waals surface area contributed by atoms with Crippen LogP contribution in [0.2, 0.25) is 0 Å². The van der Waals surface area contributed by atoms with Gasteiger partial charge in [-0.25, -0.2) is 0 Å². The highest BCUT2D eigenvalue weighted by Gasteiger charge is 2.10. The number of carbonyl (C=O) groups is 1. The van der Waals surface area contributed by atoms with Gasteiger partial charge in [0.05, 0.1) is 19.1 Å². The minimum atomic E-state index is -3.39. The van der Waals surface area contributed by atoms with Gasteiger partial charge in [0.25, 0.3) is 0 Å². The fourth-order valence-corrected chi connectivity index (χ4v) is 1.10. The molecule has 0 aromatic carbocycles. The Morgan fingerprint density at radius 1 is 1.43 bits per heavy atom. The molecule has 1 N–H and O–H groups in total. The molecule has 0 aliphatic rings. The van der Waals surface area contributed by atoms with E-state index in [-0.39, 0.29) is 25.1 Å². The summed E-state index contributed by atoms with van der Waals surface area (Å²) >= 11 is 0. The molecule has 0 heterocycles. The van der Waals surface area contributed by atoms with Gasteiger partial charge in [-0.1, -0.05) is 13.8 Å². The van der Waals surface area contributed by atoms with E-state index in [0.29, 0.717) is 6.42 Å². The molecule has 0 bridgehead atoms. The van der Waals surface area contributed by atoms with Crippen LogP contribution in [0.15, 0.2) is 0 Å². The Morgan fingerprint density at radius 2 is 2.00 bits per heavy atom. The van der Waals surface area contributed by atoms with Crippen molar-refractivity contribution in [1.29, 1.82) is 0 Å². The van der Waals surface area contributed by atoms with Crippen molar-refractivity contribution in [3.63, 3.8) is 0 Å². The summed E-state index contributed by atoms with van der Waals surface area (Å²) in [5, 5.41) is 0. The number of esters is 1. The van der Waals surface area contributed by atoms with Gasteiger partial charge in [-0.3, -0.25) is 9.36 Å². The van der Waals surface area contributed by atoms with Crippen LogP contribution in [0.1, 0.15) is 20.3 Å². The molecule has 0 saturated carbocycles. The van der Waals surface area contributed by atoms with Gasteiger partial charge < -0.3 is 14.2 Å². The van der Waals surface area contributed by atoms with Crippen LogP contribution in [0, 0.1) is 5.92 Å². The molecule has 0 rings (SSSR count). The van der Waals surface area contributed by atoms with Crippen LogP contribution in [-0.4, -0.2) is 30.7 Å². The highest BCUT2D eigenvalue weighted by molar-refractivity contribution is 7.51. The molecule has 0 saturated heterocycles. The van der Waals surface area contributed by atoms with Crippen LogP contribution in [-0.2, 0) is 18.6 Å². The van der Waals surface area contributed by atoms with Crippen molar-refractivity contribution in [2.75, 3.05) is 19.9 Å². The van der Waals surface area contributed by atoms with E-state index in [1.807, 2.05) is 0 Å². The highest BCUT2D eigenvalue weighted by Crippen LogP contribution is 2.36. The lowest BCUT2D eigenvalue weighted by molar-refractivity contribution is -0.147. The predicted molar refractivity (Wildman–Crippen MR) is 52.1 cm³/mol. The second-order valence-corrected chi connectivity index (χ2v) is 5.18. The Kier molecular flexibility index (Phi) is 6.00. The first-order valence-electron chi connectivity index (χ1n) is 4.44.